The Morgan fingerprint density at radius 3 is 1.20 bits per heavy atom. The van der Waals surface area contributed by atoms with E-state index in [0.29, 0.717) is 33.2 Å². The molecule has 0 amide bonds. The molecule has 0 atom stereocenters. The smallest absolute Gasteiger partial charge is 0.503 e. The van der Waals surface area contributed by atoms with E-state index >= 15 is 0 Å². The third-order valence-corrected chi connectivity index (χ3v) is 1.00. The molecule has 0 heterocycles. The molecule has 9 heteroatoms. The van der Waals surface area contributed by atoms with Crippen molar-refractivity contribution < 1.29 is 78.9 Å². The molecule has 2 radical (unpaired) electrons. The molecule has 0 aliphatic carbocycles. The SMILES string of the molecule is O=C([O][AlH2])[O][AlH2].[Co].[Co].[Ni].[Ni]. The van der Waals surface area contributed by atoms with Crippen LogP contribution >= 0.6 is 0 Å². The molecule has 70 valence electrons. The van der Waals surface area contributed by atoms with Crippen LogP contribution in [0.2, 0.25) is 0 Å². The monoisotopic (exact) mass is 352 g/mol. The summed E-state index contributed by atoms with van der Waals surface area (Å²) in [5.41, 5.74) is 0. The van der Waals surface area contributed by atoms with Crippen LogP contribution in [0.4, 0.5) is 4.79 Å². The van der Waals surface area contributed by atoms with E-state index in [0.717, 1.165) is 0 Å². The van der Waals surface area contributed by atoms with Gasteiger partial charge in [0.05, 0.1) is 0 Å². The van der Waals surface area contributed by atoms with Gasteiger partial charge >= 0.3 is 39.4 Å². The molecular weight excluding hydrogens is 349 g/mol. The van der Waals surface area contributed by atoms with Gasteiger partial charge in [0.25, 0.3) is 0 Å². The number of carbonyl (C=O) groups is 1. The molecule has 0 saturated carbocycles. The van der Waals surface area contributed by atoms with Crippen molar-refractivity contribution in [2.45, 2.75) is 0 Å². The van der Waals surface area contributed by atoms with Gasteiger partial charge in [0, 0.05) is 66.5 Å². The zero-order valence-corrected chi connectivity index (χ0v) is 13.1. The molecule has 0 aromatic rings. The van der Waals surface area contributed by atoms with Gasteiger partial charge in [-0.15, -0.1) is 0 Å². The molecule has 0 fully saturated rings. The Bertz CT molecular complexity index is 60.5. The fourth-order valence-corrected chi connectivity index (χ4v) is 0.750. The van der Waals surface area contributed by atoms with Crippen LogP contribution in [0.15, 0.2) is 0 Å². The average molecular weight is 353 g/mol. The molecule has 0 aliphatic heterocycles. The molecule has 0 rings (SSSR count). The third kappa shape index (κ3) is 22.4. The van der Waals surface area contributed by atoms with Crippen molar-refractivity contribution in [2.75, 3.05) is 0 Å². The Morgan fingerprint density at radius 1 is 1.00 bits per heavy atom. The standard InChI is InChI=1S/CH2O3.2Al.2Co.2Ni.4H/c2-1(3)4;;;;;;;;;;/h(H2,2,3,4);;;;;;;;;;/q;2*+1;;;;;;;;/p-2. The maximum atomic E-state index is 9.81. The molecule has 0 bridgehead atoms. The largest absolute Gasteiger partial charge is 0.593 e. The molecule has 0 saturated heterocycles. The normalized spacial score (nSPS) is 4.00. The maximum Gasteiger partial charge on any atom is 0.503 e. The van der Waals surface area contributed by atoms with Gasteiger partial charge in [0.15, 0.2) is 0 Å². The van der Waals surface area contributed by atoms with E-state index in [2.05, 4.69) is 7.58 Å². The van der Waals surface area contributed by atoms with Crippen LogP contribution in [0, 0.1) is 0 Å². The number of carbonyl (C=O) groups excluding carboxylic acids is 1. The van der Waals surface area contributed by atoms with E-state index in [4.69, 9.17) is 0 Å². The van der Waals surface area contributed by atoms with Crippen molar-refractivity contribution in [2.24, 2.45) is 0 Å². The topological polar surface area (TPSA) is 35.5 Å². The van der Waals surface area contributed by atoms with Crippen LogP contribution < -0.4 is 0 Å². The van der Waals surface area contributed by atoms with Gasteiger partial charge in [-0.3, -0.25) is 0 Å². The van der Waals surface area contributed by atoms with Crippen LogP contribution in [0.1, 0.15) is 0 Å². The summed E-state index contributed by atoms with van der Waals surface area (Å²) in [5, 5.41) is 0. The van der Waals surface area contributed by atoms with Crippen LogP contribution in [-0.2, 0) is 74.1 Å². The van der Waals surface area contributed by atoms with E-state index in [1.165, 1.54) is 0 Å². The minimum Gasteiger partial charge on any atom is -0.593 e. The zero-order valence-electron chi connectivity index (χ0n) is 5.02. The summed E-state index contributed by atoms with van der Waals surface area (Å²) >= 11 is 0.860. The molecule has 0 aromatic carbocycles. The van der Waals surface area contributed by atoms with E-state index in [1.807, 2.05) is 0 Å². The summed E-state index contributed by atoms with van der Waals surface area (Å²) in [6, 6.07) is 0. The third-order valence-electron chi connectivity index (χ3n) is 0.333. The Balaban J connectivity index is -0.0000000208. The first-order valence-electron chi connectivity index (χ1n) is 1.43. The van der Waals surface area contributed by atoms with Crippen LogP contribution in [0.5, 0.6) is 0 Å². The second kappa shape index (κ2) is 22.5. The predicted molar refractivity (Wildman–Crippen MR) is 24.7 cm³/mol. The molecule has 0 aliphatic rings. The van der Waals surface area contributed by atoms with Gasteiger partial charge in [-0.2, -0.15) is 0 Å². The fraction of sp³-hybridized carbons (Fsp3) is 0. The van der Waals surface area contributed by atoms with Crippen molar-refractivity contribution >= 4 is 39.4 Å². The van der Waals surface area contributed by atoms with Crippen molar-refractivity contribution in [3.05, 3.63) is 0 Å². The maximum absolute atomic E-state index is 9.81. The summed E-state index contributed by atoms with van der Waals surface area (Å²) in [7, 11) is 0. The predicted octanol–water partition coefficient (Wildman–Crippen LogP) is -1.77. The number of rotatable bonds is 0. The van der Waals surface area contributed by atoms with Gasteiger partial charge in [-0.25, -0.2) is 4.79 Å². The summed E-state index contributed by atoms with van der Waals surface area (Å²) in [4.78, 5) is 9.81. The Kier molecular flexibility index (Phi) is 66.3. The van der Waals surface area contributed by atoms with Gasteiger partial charge in [0.1, 0.15) is 0 Å². The summed E-state index contributed by atoms with van der Waals surface area (Å²) in [6.07, 6.45) is -0.534. The first-order chi connectivity index (χ1) is 2.81. The fourth-order valence-electron chi connectivity index (χ4n) is 0.0833. The van der Waals surface area contributed by atoms with Gasteiger partial charge in [-0.05, 0) is 0 Å². The Morgan fingerprint density at radius 2 is 1.20 bits per heavy atom. The molecule has 0 spiro atoms. The Hall–Kier alpha value is 2.33. The van der Waals surface area contributed by atoms with Crippen LogP contribution in [0.25, 0.3) is 0 Å². The van der Waals surface area contributed by atoms with Crippen molar-refractivity contribution in [1.29, 1.82) is 0 Å². The van der Waals surface area contributed by atoms with E-state index < -0.39 is 6.16 Å². The first kappa shape index (κ1) is 29.5. The van der Waals surface area contributed by atoms with Crippen LogP contribution in [0.3, 0.4) is 0 Å². The molecule has 0 unspecified atom stereocenters. The van der Waals surface area contributed by atoms with Crippen molar-refractivity contribution in [3.63, 3.8) is 0 Å². The molecule has 10 heavy (non-hydrogen) atoms. The minimum absolute atomic E-state index is 0. The second-order valence-corrected chi connectivity index (χ2v) is 1.47. The number of hydrogen-bond donors (Lipinski definition) is 0. The number of hydrogen-bond acceptors (Lipinski definition) is 3. The molecule has 3 nitrogen and oxygen atoms in total. The van der Waals surface area contributed by atoms with E-state index in [-0.39, 0.29) is 66.5 Å². The molecule has 0 aromatic heterocycles. The average Bonchev–Trinajstić information content (AvgIpc) is 1.65. The van der Waals surface area contributed by atoms with Crippen molar-refractivity contribution in [1.82, 2.24) is 0 Å². The quantitative estimate of drug-likeness (QED) is 0.484. The van der Waals surface area contributed by atoms with Gasteiger partial charge in [0.2, 0.25) is 0 Å². The van der Waals surface area contributed by atoms with Gasteiger partial charge < -0.3 is 7.58 Å². The minimum atomic E-state index is -0.534. The van der Waals surface area contributed by atoms with Crippen molar-refractivity contribution in [3.8, 4) is 0 Å². The summed E-state index contributed by atoms with van der Waals surface area (Å²) in [5.74, 6) is 0. The summed E-state index contributed by atoms with van der Waals surface area (Å²) < 4.78 is 8.42. The van der Waals surface area contributed by atoms with E-state index in [1.54, 1.807) is 0 Å². The Labute approximate surface area is 117 Å². The second-order valence-electron chi connectivity index (χ2n) is 0.658. The summed E-state index contributed by atoms with van der Waals surface area (Å²) in [6.45, 7) is 0. The first-order valence-corrected chi connectivity index (χ1v) is 3.06. The van der Waals surface area contributed by atoms with Gasteiger partial charge in [-0.1, -0.05) is 0 Å². The zero-order chi connectivity index (χ0) is 4.99. The molecular formula is CH4Al2Co2Ni2O3. The molecule has 0 N–H and O–H groups in total. The van der Waals surface area contributed by atoms with E-state index in [9.17, 15) is 4.79 Å². The van der Waals surface area contributed by atoms with Crippen LogP contribution in [-0.4, -0.2) is 39.4 Å².